The summed E-state index contributed by atoms with van der Waals surface area (Å²) in [5.74, 6) is 2.83. The molecule has 1 atom stereocenters. The minimum Gasteiger partial charge on any atom is -0.356 e. The van der Waals surface area contributed by atoms with E-state index in [1.165, 1.54) is 37.1 Å². The molecule has 1 spiro atoms. The Balaban J connectivity index is 1.20. The summed E-state index contributed by atoms with van der Waals surface area (Å²) < 4.78 is 0. The van der Waals surface area contributed by atoms with Crippen LogP contribution in [0.15, 0.2) is 23.8 Å². The first-order chi connectivity index (χ1) is 12.2. The lowest BCUT2D eigenvalue weighted by Crippen LogP contribution is -2.38. The summed E-state index contributed by atoms with van der Waals surface area (Å²) in [6.45, 7) is 3.25. The number of rotatable bonds is 5. The topological polar surface area (TPSA) is 45.2 Å². The van der Waals surface area contributed by atoms with Crippen LogP contribution >= 0.6 is 11.3 Å². The third-order valence-corrected chi connectivity index (χ3v) is 7.00. The summed E-state index contributed by atoms with van der Waals surface area (Å²) in [6, 6.07) is 2.81. The Hall–Kier alpha value is -1.53. The summed E-state index contributed by atoms with van der Waals surface area (Å²) in [7, 11) is 2.26. The quantitative estimate of drug-likeness (QED) is 0.823. The fourth-order valence-corrected chi connectivity index (χ4v) is 5.08. The number of anilines is 1. The van der Waals surface area contributed by atoms with E-state index in [9.17, 15) is 0 Å². The molecule has 3 aliphatic rings. The van der Waals surface area contributed by atoms with Crippen LogP contribution in [0.5, 0.6) is 0 Å². The predicted octanol–water partition coefficient (Wildman–Crippen LogP) is 3.30. The van der Waals surface area contributed by atoms with Gasteiger partial charge in [0.15, 0.2) is 0 Å². The Bertz CT molecular complexity index is 734. The zero-order chi connectivity index (χ0) is 16.9. The monoisotopic (exact) mass is 355 g/mol. The Morgan fingerprint density at radius 2 is 2.08 bits per heavy atom. The SMILES string of the molecule is CN(Cc1nccs1)C1CC12CCN(c1ccnc(C3CC3)n1)CC2. The molecule has 3 heterocycles. The van der Waals surface area contributed by atoms with Gasteiger partial charge in [-0.15, -0.1) is 11.3 Å². The maximum atomic E-state index is 4.83. The van der Waals surface area contributed by atoms with E-state index in [2.05, 4.69) is 38.3 Å². The molecule has 0 bridgehead atoms. The highest BCUT2D eigenvalue weighted by Gasteiger charge is 2.56. The van der Waals surface area contributed by atoms with Gasteiger partial charge in [-0.3, -0.25) is 4.90 Å². The molecule has 0 amide bonds. The standard InChI is InChI=1S/C19H25N5S/c1-23(13-17-20-8-11-25-17)15-12-19(15)5-9-24(10-6-19)16-4-7-21-18(22-16)14-2-3-14/h4,7-8,11,14-15H,2-3,5-6,9-10,12-13H2,1H3. The van der Waals surface area contributed by atoms with Crippen molar-refractivity contribution in [3.05, 3.63) is 34.7 Å². The molecule has 5 nitrogen and oxygen atoms in total. The third-order valence-electron chi connectivity index (χ3n) is 6.23. The summed E-state index contributed by atoms with van der Waals surface area (Å²) in [5.41, 5.74) is 0.537. The maximum absolute atomic E-state index is 4.83. The van der Waals surface area contributed by atoms with Crippen molar-refractivity contribution in [2.45, 2.75) is 50.6 Å². The Labute approximate surface area is 153 Å². The van der Waals surface area contributed by atoms with Crippen LogP contribution in [-0.4, -0.2) is 46.0 Å². The first-order valence-corrected chi connectivity index (χ1v) is 10.3. The Morgan fingerprint density at radius 1 is 1.24 bits per heavy atom. The van der Waals surface area contributed by atoms with Gasteiger partial charge in [0.1, 0.15) is 16.6 Å². The highest BCUT2D eigenvalue weighted by Crippen LogP contribution is 2.56. The van der Waals surface area contributed by atoms with Crippen LogP contribution < -0.4 is 4.90 Å². The normalized spacial score (nSPS) is 24.9. The molecule has 5 rings (SSSR count). The van der Waals surface area contributed by atoms with Crippen LogP contribution in [-0.2, 0) is 6.54 Å². The molecule has 1 aliphatic heterocycles. The van der Waals surface area contributed by atoms with Gasteiger partial charge >= 0.3 is 0 Å². The van der Waals surface area contributed by atoms with Gasteiger partial charge in [0.2, 0.25) is 0 Å². The van der Waals surface area contributed by atoms with E-state index < -0.39 is 0 Å². The van der Waals surface area contributed by atoms with E-state index in [1.54, 1.807) is 11.3 Å². The fourth-order valence-electron chi connectivity index (χ4n) is 4.40. The lowest BCUT2D eigenvalue weighted by Gasteiger charge is -2.34. The number of piperidine rings is 1. The average molecular weight is 356 g/mol. The van der Waals surface area contributed by atoms with E-state index in [-0.39, 0.29) is 0 Å². The minimum absolute atomic E-state index is 0.537. The molecule has 0 N–H and O–H groups in total. The molecule has 132 valence electrons. The number of hydrogen-bond acceptors (Lipinski definition) is 6. The Morgan fingerprint density at radius 3 is 2.80 bits per heavy atom. The molecule has 0 aromatic carbocycles. The van der Waals surface area contributed by atoms with Gasteiger partial charge in [-0.1, -0.05) is 0 Å². The smallest absolute Gasteiger partial charge is 0.133 e. The highest BCUT2D eigenvalue weighted by molar-refractivity contribution is 7.09. The first kappa shape index (κ1) is 15.7. The Kier molecular flexibility index (Phi) is 3.78. The molecule has 2 saturated carbocycles. The molecule has 25 heavy (non-hydrogen) atoms. The second-order valence-corrected chi connectivity index (χ2v) is 8.94. The van der Waals surface area contributed by atoms with Crippen LogP contribution in [0.3, 0.4) is 0 Å². The molecular formula is C19H25N5S. The average Bonchev–Trinajstić information content (AvgIpc) is 3.55. The lowest BCUT2D eigenvalue weighted by atomic mass is 9.92. The van der Waals surface area contributed by atoms with Crippen molar-refractivity contribution in [3.63, 3.8) is 0 Å². The van der Waals surface area contributed by atoms with Crippen LogP contribution in [0.1, 0.15) is 48.9 Å². The molecule has 2 aliphatic carbocycles. The van der Waals surface area contributed by atoms with Crippen molar-refractivity contribution in [2.24, 2.45) is 5.41 Å². The van der Waals surface area contributed by atoms with Crippen molar-refractivity contribution in [3.8, 4) is 0 Å². The van der Waals surface area contributed by atoms with E-state index >= 15 is 0 Å². The van der Waals surface area contributed by atoms with E-state index in [1.807, 2.05) is 12.4 Å². The van der Waals surface area contributed by atoms with Crippen molar-refractivity contribution in [1.29, 1.82) is 0 Å². The first-order valence-electron chi connectivity index (χ1n) is 9.40. The molecule has 2 aromatic heterocycles. The van der Waals surface area contributed by atoms with E-state index in [0.29, 0.717) is 11.3 Å². The number of nitrogens with zero attached hydrogens (tertiary/aromatic N) is 5. The van der Waals surface area contributed by atoms with Gasteiger partial charge in [0, 0.05) is 42.8 Å². The molecule has 6 heteroatoms. The van der Waals surface area contributed by atoms with Gasteiger partial charge < -0.3 is 4.90 Å². The van der Waals surface area contributed by atoms with Gasteiger partial charge in [0.05, 0.1) is 6.54 Å². The predicted molar refractivity (Wildman–Crippen MR) is 99.9 cm³/mol. The molecule has 1 saturated heterocycles. The molecule has 3 fully saturated rings. The minimum atomic E-state index is 0.537. The number of thiazole rings is 1. The fraction of sp³-hybridized carbons (Fsp3) is 0.632. The molecular weight excluding hydrogens is 330 g/mol. The molecule has 0 radical (unpaired) electrons. The van der Waals surface area contributed by atoms with Gasteiger partial charge in [-0.05, 0) is 50.6 Å². The van der Waals surface area contributed by atoms with Gasteiger partial charge in [-0.2, -0.15) is 0 Å². The third kappa shape index (κ3) is 3.06. The van der Waals surface area contributed by atoms with Crippen LogP contribution in [0, 0.1) is 5.41 Å². The zero-order valence-corrected chi connectivity index (χ0v) is 15.6. The maximum Gasteiger partial charge on any atom is 0.133 e. The lowest BCUT2D eigenvalue weighted by molar-refractivity contribution is 0.238. The van der Waals surface area contributed by atoms with Crippen LogP contribution in [0.25, 0.3) is 0 Å². The van der Waals surface area contributed by atoms with E-state index in [0.717, 1.165) is 37.3 Å². The summed E-state index contributed by atoms with van der Waals surface area (Å²) >= 11 is 1.76. The van der Waals surface area contributed by atoms with Gasteiger partial charge in [-0.25, -0.2) is 15.0 Å². The van der Waals surface area contributed by atoms with E-state index in [4.69, 9.17) is 4.98 Å². The summed E-state index contributed by atoms with van der Waals surface area (Å²) in [5, 5.41) is 3.30. The van der Waals surface area contributed by atoms with Crippen LogP contribution in [0.4, 0.5) is 5.82 Å². The number of aromatic nitrogens is 3. The number of hydrogen-bond donors (Lipinski definition) is 0. The second kappa shape index (κ2) is 6.02. The van der Waals surface area contributed by atoms with Crippen molar-refractivity contribution in [2.75, 3.05) is 25.0 Å². The second-order valence-electron chi connectivity index (χ2n) is 7.96. The van der Waals surface area contributed by atoms with Crippen molar-refractivity contribution < 1.29 is 0 Å². The highest BCUT2D eigenvalue weighted by atomic mass is 32.1. The summed E-state index contributed by atoms with van der Waals surface area (Å²) in [6.07, 6.45) is 10.3. The van der Waals surface area contributed by atoms with Crippen LogP contribution in [0.2, 0.25) is 0 Å². The largest absolute Gasteiger partial charge is 0.356 e. The molecule has 1 unspecified atom stereocenters. The van der Waals surface area contributed by atoms with Crippen molar-refractivity contribution in [1.82, 2.24) is 19.9 Å². The van der Waals surface area contributed by atoms with Gasteiger partial charge in [0.25, 0.3) is 0 Å². The summed E-state index contributed by atoms with van der Waals surface area (Å²) in [4.78, 5) is 18.7. The van der Waals surface area contributed by atoms with Crippen molar-refractivity contribution >= 4 is 17.2 Å². The molecule has 2 aromatic rings. The zero-order valence-electron chi connectivity index (χ0n) is 14.8.